The lowest BCUT2D eigenvalue weighted by Gasteiger charge is -2.00. The van der Waals surface area contributed by atoms with Gasteiger partial charge in [0.1, 0.15) is 12.1 Å². The molecule has 1 aromatic heterocycles. The molecule has 1 N–H and O–H groups in total. The number of aromatic hydroxyl groups is 1. The second-order valence-electron chi connectivity index (χ2n) is 4.43. The number of hydrogen-bond acceptors (Lipinski definition) is 3. The number of rotatable bonds is 2. The maximum Gasteiger partial charge on any atom is 0.255 e. The molecule has 4 heteroatoms. The van der Waals surface area contributed by atoms with Crippen molar-refractivity contribution in [2.75, 3.05) is 0 Å². The molecule has 0 unspecified atom stereocenters. The molecule has 0 radical (unpaired) electrons. The molecule has 0 saturated carbocycles. The van der Waals surface area contributed by atoms with Gasteiger partial charge in [0.05, 0.1) is 0 Å². The van der Waals surface area contributed by atoms with Crippen LogP contribution in [0.4, 0.5) is 0 Å². The summed E-state index contributed by atoms with van der Waals surface area (Å²) in [4.78, 5) is 15.6. The largest absolute Gasteiger partial charge is 0.508 e. The van der Waals surface area contributed by atoms with Gasteiger partial charge in [0.15, 0.2) is 0 Å². The molecule has 0 fully saturated rings. The molecule has 3 aromatic rings. The first-order valence-corrected chi connectivity index (χ1v) is 6.15. The zero-order valence-electron chi connectivity index (χ0n) is 10.6. The summed E-state index contributed by atoms with van der Waals surface area (Å²) >= 11 is 0. The quantitative estimate of drug-likeness (QED) is 0.723. The summed E-state index contributed by atoms with van der Waals surface area (Å²) in [6.07, 6.45) is 7.90. The zero-order valence-corrected chi connectivity index (χ0v) is 10.6. The number of hydrogen-bond donors (Lipinski definition) is 1. The van der Waals surface area contributed by atoms with E-state index in [1.165, 1.54) is 17.0 Å². The normalized spacial score (nSPS) is 11.2. The lowest BCUT2D eigenvalue weighted by atomic mass is 10.1. The van der Waals surface area contributed by atoms with Gasteiger partial charge >= 0.3 is 0 Å². The van der Waals surface area contributed by atoms with E-state index in [0.717, 1.165) is 16.3 Å². The molecule has 0 bridgehead atoms. The van der Waals surface area contributed by atoms with Gasteiger partial charge in [-0.15, -0.1) is 0 Å². The molecule has 0 atom stereocenters. The maximum absolute atomic E-state index is 11.8. The lowest BCUT2D eigenvalue weighted by molar-refractivity contribution is 0.0969. The highest BCUT2D eigenvalue weighted by Gasteiger charge is 1.99. The molecule has 98 valence electrons. The lowest BCUT2D eigenvalue weighted by Crippen LogP contribution is -2.03. The molecule has 0 spiro atoms. The van der Waals surface area contributed by atoms with E-state index in [9.17, 15) is 9.90 Å². The first-order valence-electron chi connectivity index (χ1n) is 6.15. The summed E-state index contributed by atoms with van der Waals surface area (Å²) in [6, 6.07) is 11.0. The Morgan fingerprint density at radius 3 is 2.75 bits per heavy atom. The van der Waals surface area contributed by atoms with Crippen LogP contribution in [0.15, 0.2) is 61.2 Å². The third-order valence-electron chi connectivity index (χ3n) is 3.03. The van der Waals surface area contributed by atoms with E-state index in [1.807, 2.05) is 24.3 Å². The molecule has 20 heavy (non-hydrogen) atoms. The minimum Gasteiger partial charge on any atom is -0.508 e. The van der Waals surface area contributed by atoms with Gasteiger partial charge in [0, 0.05) is 18.5 Å². The van der Waals surface area contributed by atoms with Crippen molar-refractivity contribution >= 4 is 22.8 Å². The van der Waals surface area contributed by atoms with Gasteiger partial charge in [-0.05, 0) is 40.6 Å². The Morgan fingerprint density at radius 1 is 1.15 bits per heavy atom. The molecule has 0 saturated heterocycles. The fourth-order valence-electron chi connectivity index (χ4n) is 2.00. The summed E-state index contributed by atoms with van der Waals surface area (Å²) in [5, 5.41) is 11.4. The maximum atomic E-state index is 11.8. The molecule has 3 rings (SSSR count). The first kappa shape index (κ1) is 12.2. The van der Waals surface area contributed by atoms with Crippen molar-refractivity contribution in [2.45, 2.75) is 0 Å². The SMILES string of the molecule is O=C(/C=C/c1ccc2cc(O)ccc2c1)n1ccnc1. The molecule has 0 aliphatic rings. The van der Waals surface area contributed by atoms with Crippen molar-refractivity contribution in [3.63, 3.8) is 0 Å². The predicted molar refractivity (Wildman–Crippen MR) is 77.5 cm³/mol. The number of phenols is 1. The monoisotopic (exact) mass is 264 g/mol. The molecular weight excluding hydrogens is 252 g/mol. The van der Waals surface area contributed by atoms with Crippen molar-refractivity contribution in [2.24, 2.45) is 0 Å². The number of allylic oxidation sites excluding steroid dienone is 1. The van der Waals surface area contributed by atoms with Crippen LogP contribution in [0.2, 0.25) is 0 Å². The highest BCUT2D eigenvalue weighted by atomic mass is 16.3. The van der Waals surface area contributed by atoms with Crippen LogP contribution in [-0.2, 0) is 0 Å². The number of carbonyl (C=O) groups excluding carboxylic acids is 1. The molecule has 4 nitrogen and oxygen atoms in total. The Balaban J connectivity index is 1.87. The van der Waals surface area contributed by atoms with Crippen molar-refractivity contribution < 1.29 is 9.90 Å². The first-order chi connectivity index (χ1) is 9.72. The Bertz CT molecular complexity index is 789. The van der Waals surface area contributed by atoms with Gasteiger partial charge in [-0.1, -0.05) is 18.2 Å². The molecule has 1 heterocycles. The fourth-order valence-corrected chi connectivity index (χ4v) is 2.00. The van der Waals surface area contributed by atoms with Crippen LogP contribution in [0, 0.1) is 0 Å². The Morgan fingerprint density at radius 2 is 1.95 bits per heavy atom. The van der Waals surface area contributed by atoms with Crippen LogP contribution in [0.25, 0.3) is 16.8 Å². The topological polar surface area (TPSA) is 55.1 Å². The smallest absolute Gasteiger partial charge is 0.255 e. The Kier molecular flexibility index (Phi) is 3.05. The number of phenolic OH excluding ortho intramolecular Hbond substituents is 1. The van der Waals surface area contributed by atoms with Gasteiger partial charge in [-0.3, -0.25) is 9.36 Å². The number of imidazole rings is 1. The second-order valence-corrected chi connectivity index (χ2v) is 4.43. The van der Waals surface area contributed by atoms with Crippen LogP contribution >= 0.6 is 0 Å². The number of fused-ring (bicyclic) bond motifs is 1. The summed E-state index contributed by atoms with van der Waals surface area (Å²) in [5.41, 5.74) is 0.927. The molecule has 0 aliphatic heterocycles. The van der Waals surface area contributed by atoms with E-state index >= 15 is 0 Å². The van der Waals surface area contributed by atoms with E-state index in [-0.39, 0.29) is 11.7 Å². The van der Waals surface area contributed by atoms with Crippen LogP contribution in [0.3, 0.4) is 0 Å². The third-order valence-corrected chi connectivity index (χ3v) is 3.03. The van der Waals surface area contributed by atoms with Gasteiger partial charge in [0.2, 0.25) is 0 Å². The minimum absolute atomic E-state index is 0.145. The van der Waals surface area contributed by atoms with E-state index < -0.39 is 0 Å². The van der Waals surface area contributed by atoms with Crippen molar-refractivity contribution in [1.82, 2.24) is 9.55 Å². The summed E-state index contributed by atoms with van der Waals surface area (Å²) in [7, 11) is 0. The Hall–Kier alpha value is -2.88. The standard InChI is InChI=1S/C16H12N2O2/c19-15-5-4-13-9-12(1-3-14(13)10-15)2-6-16(20)18-8-7-17-11-18/h1-11,19H/b6-2+. The highest BCUT2D eigenvalue weighted by molar-refractivity contribution is 5.94. The van der Waals surface area contributed by atoms with Crippen LogP contribution in [0.5, 0.6) is 5.75 Å². The van der Waals surface area contributed by atoms with E-state index in [1.54, 1.807) is 30.6 Å². The Labute approximate surface area is 115 Å². The van der Waals surface area contributed by atoms with Crippen LogP contribution in [-0.4, -0.2) is 20.6 Å². The van der Waals surface area contributed by atoms with Gasteiger partial charge in [-0.2, -0.15) is 0 Å². The molecule has 0 aliphatic carbocycles. The number of nitrogens with zero attached hydrogens (tertiary/aromatic N) is 2. The van der Waals surface area contributed by atoms with E-state index in [2.05, 4.69) is 4.98 Å². The highest BCUT2D eigenvalue weighted by Crippen LogP contribution is 2.21. The average Bonchev–Trinajstić information content (AvgIpc) is 2.99. The third kappa shape index (κ3) is 2.44. The van der Waals surface area contributed by atoms with Crippen molar-refractivity contribution in [1.29, 1.82) is 0 Å². The van der Waals surface area contributed by atoms with Crippen LogP contribution in [0.1, 0.15) is 10.4 Å². The van der Waals surface area contributed by atoms with Gasteiger partial charge < -0.3 is 5.11 Å². The zero-order chi connectivity index (χ0) is 13.9. The number of benzene rings is 2. The molecule has 0 amide bonds. The molecule has 2 aromatic carbocycles. The van der Waals surface area contributed by atoms with Crippen molar-refractivity contribution in [3.05, 3.63) is 66.8 Å². The molecular formula is C16H12N2O2. The summed E-state index contributed by atoms with van der Waals surface area (Å²) in [6.45, 7) is 0. The van der Waals surface area contributed by atoms with Crippen molar-refractivity contribution in [3.8, 4) is 5.75 Å². The average molecular weight is 264 g/mol. The predicted octanol–water partition coefficient (Wildman–Crippen LogP) is 3.10. The second kappa shape index (κ2) is 5.01. The number of carbonyl (C=O) groups is 1. The number of aromatic nitrogens is 2. The van der Waals surface area contributed by atoms with Crippen LogP contribution < -0.4 is 0 Å². The fraction of sp³-hybridized carbons (Fsp3) is 0. The van der Waals surface area contributed by atoms with E-state index in [4.69, 9.17) is 0 Å². The summed E-state index contributed by atoms with van der Waals surface area (Å²) in [5.74, 6) is 0.101. The minimum atomic E-state index is -0.145. The van der Waals surface area contributed by atoms with Gasteiger partial charge in [0.25, 0.3) is 5.91 Å². The summed E-state index contributed by atoms with van der Waals surface area (Å²) < 4.78 is 1.41. The van der Waals surface area contributed by atoms with Gasteiger partial charge in [-0.25, -0.2) is 4.98 Å². The van der Waals surface area contributed by atoms with E-state index in [0.29, 0.717) is 0 Å².